The van der Waals surface area contributed by atoms with Crippen molar-refractivity contribution in [3.8, 4) is 0 Å². The molecule has 2 N–H and O–H groups in total. The summed E-state index contributed by atoms with van der Waals surface area (Å²) in [5.41, 5.74) is 7.19. The minimum atomic E-state index is -0.469. The second-order valence-corrected chi connectivity index (χ2v) is 3.10. The van der Waals surface area contributed by atoms with Gasteiger partial charge in [-0.3, -0.25) is 0 Å². The van der Waals surface area contributed by atoms with Gasteiger partial charge < -0.3 is 15.3 Å². The fraction of sp³-hybridized carbons (Fsp3) is 0.167. The Bertz CT molecular complexity index is 424. The van der Waals surface area contributed by atoms with Crippen LogP contribution in [-0.4, -0.2) is 19.4 Å². The van der Waals surface area contributed by atoms with Gasteiger partial charge in [-0.05, 0) is 11.6 Å². The summed E-state index contributed by atoms with van der Waals surface area (Å²) in [5, 5.41) is 0. The summed E-state index contributed by atoms with van der Waals surface area (Å²) < 4.78 is 4.60. The molecule has 0 aliphatic carbocycles. The predicted octanol–water partition coefficient (Wildman–Crippen LogP) is 1.66. The molecule has 0 amide bonds. The number of nitrogens with two attached hydrogens (primary N) is 1. The first-order valence-electron chi connectivity index (χ1n) is 4.77. The van der Waals surface area contributed by atoms with Crippen molar-refractivity contribution in [1.82, 2.24) is 0 Å². The first kappa shape index (κ1) is 12.0. The highest BCUT2D eigenvalue weighted by Crippen LogP contribution is 2.19. The summed E-state index contributed by atoms with van der Waals surface area (Å²) in [5.74, 6) is -0.469. The van der Waals surface area contributed by atoms with Crippen LogP contribution < -0.4 is 5.73 Å². The monoisotopic (exact) mass is 219 g/mol. The van der Waals surface area contributed by atoms with Crippen molar-refractivity contribution in [1.29, 1.82) is 0 Å². The van der Waals surface area contributed by atoms with Gasteiger partial charge in [-0.1, -0.05) is 24.3 Å². The van der Waals surface area contributed by atoms with Crippen LogP contribution in [0.4, 0.5) is 5.69 Å². The quantitative estimate of drug-likeness (QED) is 0.475. The fourth-order valence-electron chi connectivity index (χ4n) is 1.27. The molecular weight excluding hydrogens is 206 g/mol. The Morgan fingerprint density at radius 3 is 2.88 bits per heavy atom. The highest BCUT2D eigenvalue weighted by molar-refractivity contribution is 5.97. The number of ether oxygens (including phenoxy) is 1. The minimum absolute atomic E-state index is 0.321. The average molecular weight is 219 g/mol. The third-order valence-corrected chi connectivity index (χ3v) is 2.07. The highest BCUT2D eigenvalue weighted by Gasteiger charge is 2.10. The lowest BCUT2D eigenvalue weighted by Crippen LogP contribution is -2.06. The standard InChI is InChI=1S/C12H13NO3/c1-16-12(15)10-7-4-6-9(11(10)13)5-2-3-8-14/h2,4-8H,3,13H2,1H3. The van der Waals surface area contributed by atoms with Gasteiger partial charge in [0.1, 0.15) is 6.29 Å². The maximum absolute atomic E-state index is 11.3. The van der Waals surface area contributed by atoms with Gasteiger partial charge in [-0.25, -0.2) is 4.79 Å². The molecule has 1 rings (SSSR count). The second kappa shape index (κ2) is 5.70. The molecule has 4 heteroatoms. The summed E-state index contributed by atoms with van der Waals surface area (Å²) >= 11 is 0. The van der Waals surface area contributed by atoms with E-state index in [1.807, 2.05) is 0 Å². The Hall–Kier alpha value is -2.10. The molecule has 1 aromatic carbocycles. The van der Waals surface area contributed by atoms with Gasteiger partial charge in [0, 0.05) is 6.42 Å². The average Bonchev–Trinajstić information content (AvgIpc) is 2.30. The van der Waals surface area contributed by atoms with Gasteiger partial charge >= 0.3 is 5.97 Å². The molecule has 84 valence electrons. The van der Waals surface area contributed by atoms with E-state index in [-0.39, 0.29) is 0 Å². The van der Waals surface area contributed by atoms with Gasteiger partial charge in [0.2, 0.25) is 0 Å². The van der Waals surface area contributed by atoms with Crippen molar-refractivity contribution in [3.63, 3.8) is 0 Å². The van der Waals surface area contributed by atoms with E-state index in [1.54, 1.807) is 30.4 Å². The smallest absolute Gasteiger partial charge is 0.339 e. The molecule has 0 atom stereocenters. The third-order valence-electron chi connectivity index (χ3n) is 2.07. The number of aldehydes is 1. The zero-order valence-corrected chi connectivity index (χ0v) is 8.97. The third kappa shape index (κ3) is 2.70. The van der Waals surface area contributed by atoms with E-state index in [0.717, 1.165) is 6.29 Å². The summed E-state index contributed by atoms with van der Waals surface area (Å²) in [4.78, 5) is 21.5. The zero-order chi connectivity index (χ0) is 12.0. The number of nitrogen functional groups attached to an aromatic ring is 1. The number of rotatable bonds is 4. The van der Waals surface area contributed by atoms with Crippen molar-refractivity contribution in [2.24, 2.45) is 0 Å². The Balaban J connectivity index is 3.03. The molecule has 16 heavy (non-hydrogen) atoms. The molecule has 0 aliphatic rings. The van der Waals surface area contributed by atoms with Gasteiger partial charge in [0.05, 0.1) is 18.4 Å². The fourth-order valence-corrected chi connectivity index (χ4v) is 1.27. The Labute approximate surface area is 93.7 Å². The number of para-hydroxylation sites is 1. The van der Waals surface area contributed by atoms with E-state index in [4.69, 9.17) is 5.73 Å². The molecule has 0 saturated heterocycles. The molecule has 4 nitrogen and oxygen atoms in total. The molecule has 0 heterocycles. The largest absolute Gasteiger partial charge is 0.465 e. The van der Waals surface area contributed by atoms with Crippen LogP contribution in [0.2, 0.25) is 0 Å². The number of carbonyl (C=O) groups excluding carboxylic acids is 2. The first-order chi connectivity index (χ1) is 7.70. The normalized spacial score (nSPS) is 10.3. The van der Waals surface area contributed by atoms with Crippen molar-refractivity contribution >= 4 is 24.0 Å². The topological polar surface area (TPSA) is 69.4 Å². The van der Waals surface area contributed by atoms with Gasteiger partial charge in [0.15, 0.2) is 0 Å². The van der Waals surface area contributed by atoms with E-state index in [2.05, 4.69) is 4.74 Å². The van der Waals surface area contributed by atoms with Crippen molar-refractivity contribution in [3.05, 3.63) is 35.4 Å². The maximum Gasteiger partial charge on any atom is 0.339 e. The lowest BCUT2D eigenvalue weighted by molar-refractivity contribution is -0.107. The van der Waals surface area contributed by atoms with E-state index < -0.39 is 5.97 Å². The predicted molar refractivity (Wildman–Crippen MR) is 61.9 cm³/mol. The van der Waals surface area contributed by atoms with Crippen LogP contribution in [0, 0.1) is 0 Å². The Morgan fingerprint density at radius 2 is 2.25 bits per heavy atom. The molecular formula is C12H13NO3. The maximum atomic E-state index is 11.3. The van der Waals surface area contributed by atoms with Crippen LogP contribution in [0.5, 0.6) is 0 Å². The molecule has 0 unspecified atom stereocenters. The Kier molecular flexibility index (Phi) is 4.27. The van der Waals surface area contributed by atoms with Crippen LogP contribution in [0.25, 0.3) is 6.08 Å². The number of anilines is 1. The van der Waals surface area contributed by atoms with Crippen molar-refractivity contribution in [2.75, 3.05) is 12.8 Å². The van der Waals surface area contributed by atoms with Gasteiger partial charge in [-0.2, -0.15) is 0 Å². The van der Waals surface area contributed by atoms with Gasteiger partial charge in [-0.15, -0.1) is 0 Å². The van der Waals surface area contributed by atoms with Crippen molar-refractivity contribution < 1.29 is 14.3 Å². The number of allylic oxidation sites excluding steroid dienone is 1. The first-order valence-corrected chi connectivity index (χ1v) is 4.77. The highest BCUT2D eigenvalue weighted by atomic mass is 16.5. The number of hydrogen-bond acceptors (Lipinski definition) is 4. The number of hydrogen-bond donors (Lipinski definition) is 1. The molecule has 0 aromatic heterocycles. The summed E-state index contributed by atoms with van der Waals surface area (Å²) in [6.07, 6.45) is 4.49. The van der Waals surface area contributed by atoms with Crippen LogP contribution in [0.3, 0.4) is 0 Å². The molecule has 0 radical (unpaired) electrons. The zero-order valence-electron chi connectivity index (χ0n) is 8.97. The SMILES string of the molecule is COC(=O)c1cccc(C=CCC=O)c1N. The van der Waals surface area contributed by atoms with E-state index in [9.17, 15) is 9.59 Å². The lowest BCUT2D eigenvalue weighted by Gasteiger charge is -2.06. The number of methoxy groups -OCH3 is 1. The molecule has 0 fully saturated rings. The van der Waals surface area contributed by atoms with Crippen LogP contribution in [0.1, 0.15) is 22.3 Å². The van der Waals surface area contributed by atoms with E-state index in [0.29, 0.717) is 23.2 Å². The van der Waals surface area contributed by atoms with Crippen LogP contribution >= 0.6 is 0 Å². The molecule has 0 saturated carbocycles. The number of esters is 1. The number of benzene rings is 1. The van der Waals surface area contributed by atoms with E-state index >= 15 is 0 Å². The van der Waals surface area contributed by atoms with Crippen LogP contribution in [0.15, 0.2) is 24.3 Å². The molecule has 0 aliphatic heterocycles. The van der Waals surface area contributed by atoms with Crippen LogP contribution in [-0.2, 0) is 9.53 Å². The second-order valence-electron chi connectivity index (χ2n) is 3.10. The molecule has 0 bridgehead atoms. The summed E-state index contributed by atoms with van der Waals surface area (Å²) in [7, 11) is 1.30. The van der Waals surface area contributed by atoms with Gasteiger partial charge in [0.25, 0.3) is 0 Å². The Morgan fingerprint density at radius 1 is 1.50 bits per heavy atom. The summed E-state index contributed by atoms with van der Waals surface area (Å²) in [6.45, 7) is 0. The minimum Gasteiger partial charge on any atom is -0.465 e. The molecule has 1 aromatic rings. The number of carbonyl (C=O) groups is 2. The summed E-state index contributed by atoms with van der Waals surface area (Å²) in [6, 6.07) is 5.07. The van der Waals surface area contributed by atoms with E-state index in [1.165, 1.54) is 7.11 Å². The van der Waals surface area contributed by atoms with Crippen molar-refractivity contribution in [2.45, 2.75) is 6.42 Å². The molecule has 0 spiro atoms. The lowest BCUT2D eigenvalue weighted by atomic mass is 10.1.